The van der Waals surface area contributed by atoms with Gasteiger partial charge < -0.3 is 5.32 Å². The largest absolute Gasteiger partial charge is 0.304 e. The van der Waals surface area contributed by atoms with Crippen molar-refractivity contribution in [2.45, 2.75) is 19.5 Å². The molecule has 1 N–H and O–H groups in total. The van der Waals surface area contributed by atoms with Crippen molar-refractivity contribution >= 4 is 15.9 Å². The van der Waals surface area contributed by atoms with Crippen LogP contribution in [0.5, 0.6) is 0 Å². The Hall–Kier alpha value is -1.20. The summed E-state index contributed by atoms with van der Waals surface area (Å²) in [5.41, 5.74) is 1.74. The predicted molar refractivity (Wildman–Crippen MR) is 72.6 cm³/mol. The molecule has 1 aromatic heterocycles. The summed E-state index contributed by atoms with van der Waals surface area (Å²) < 4.78 is 16.3. The van der Waals surface area contributed by atoms with Crippen molar-refractivity contribution in [1.29, 1.82) is 0 Å². The van der Waals surface area contributed by atoms with Gasteiger partial charge in [-0.1, -0.05) is 22.0 Å². The first-order valence-corrected chi connectivity index (χ1v) is 6.52. The fourth-order valence-electron chi connectivity index (χ4n) is 1.80. The molecule has 0 fully saturated rings. The van der Waals surface area contributed by atoms with Gasteiger partial charge >= 0.3 is 0 Å². The highest BCUT2D eigenvalue weighted by atomic mass is 79.9. The van der Waals surface area contributed by atoms with Gasteiger partial charge in [-0.2, -0.15) is 5.10 Å². The molecule has 0 amide bonds. The molecule has 96 valence electrons. The van der Waals surface area contributed by atoms with E-state index in [4.69, 9.17) is 0 Å². The molecule has 0 aliphatic rings. The van der Waals surface area contributed by atoms with E-state index in [-0.39, 0.29) is 11.9 Å². The molecule has 5 heteroatoms. The minimum atomic E-state index is -0.200. The van der Waals surface area contributed by atoms with Gasteiger partial charge in [0.1, 0.15) is 5.82 Å². The van der Waals surface area contributed by atoms with E-state index in [0.717, 1.165) is 10.2 Å². The Balaban J connectivity index is 2.03. The van der Waals surface area contributed by atoms with E-state index in [1.807, 2.05) is 26.1 Å². The van der Waals surface area contributed by atoms with Crippen molar-refractivity contribution in [2.24, 2.45) is 7.05 Å². The summed E-state index contributed by atoms with van der Waals surface area (Å²) in [6.07, 6.45) is 1.75. The number of halogens is 2. The van der Waals surface area contributed by atoms with Crippen molar-refractivity contribution < 1.29 is 4.39 Å². The van der Waals surface area contributed by atoms with Crippen molar-refractivity contribution in [3.05, 3.63) is 52.0 Å². The van der Waals surface area contributed by atoms with Gasteiger partial charge in [-0.15, -0.1) is 0 Å². The summed E-state index contributed by atoms with van der Waals surface area (Å²) in [5, 5.41) is 7.38. The van der Waals surface area contributed by atoms with Crippen molar-refractivity contribution in [3.8, 4) is 0 Å². The van der Waals surface area contributed by atoms with Crippen LogP contribution < -0.4 is 5.32 Å². The number of benzene rings is 1. The lowest BCUT2D eigenvalue weighted by molar-refractivity contribution is 0.515. The molecule has 0 saturated heterocycles. The maximum atomic E-state index is 13.8. The molecule has 1 aromatic carbocycles. The fraction of sp³-hybridized carbons (Fsp3) is 0.308. The molecule has 0 aliphatic heterocycles. The zero-order chi connectivity index (χ0) is 13.1. The van der Waals surface area contributed by atoms with Gasteiger partial charge in [0.15, 0.2) is 0 Å². The number of nitrogens with one attached hydrogen (secondary N) is 1. The molecular weight excluding hydrogens is 297 g/mol. The van der Waals surface area contributed by atoms with Crippen molar-refractivity contribution in [2.75, 3.05) is 0 Å². The maximum absolute atomic E-state index is 13.8. The highest BCUT2D eigenvalue weighted by Gasteiger charge is 2.11. The van der Waals surface area contributed by atoms with Crippen LogP contribution in [-0.4, -0.2) is 9.78 Å². The predicted octanol–water partition coefficient (Wildman–Crippen LogP) is 3.17. The van der Waals surface area contributed by atoms with Crippen LogP contribution in [0.25, 0.3) is 0 Å². The van der Waals surface area contributed by atoms with Gasteiger partial charge in [-0.3, -0.25) is 4.68 Å². The monoisotopic (exact) mass is 311 g/mol. The quantitative estimate of drug-likeness (QED) is 0.940. The minimum absolute atomic E-state index is 0.0481. The standard InChI is InChI=1S/C13H15BrFN3/c1-9(12-4-3-10(14)7-13(12)15)16-8-11-5-6-17-18(11)2/h3-7,9,16H,8H2,1-2H3. The van der Waals surface area contributed by atoms with Crippen molar-refractivity contribution in [3.63, 3.8) is 0 Å². The van der Waals surface area contributed by atoms with Crippen LogP contribution in [0.1, 0.15) is 24.2 Å². The first-order chi connectivity index (χ1) is 8.58. The Kier molecular flexibility index (Phi) is 4.14. The van der Waals surface area contributed by atoms with Gasteiger partial charge in [-0.25, -0.2) is 4.39 Å². The summed E-state index contributed by atoms with van der Waals surface area (Å²) in [5.74, 6) is -0.200. The molecular formula is C13H15BrFN3. The van der Waals surface area contributed by atoms with Gasteiger partial charge in [0.25, 0.3) is 0 Å². The van der Waals surface area contributed by atoms with Crippen LogP contribution in [0.15, 0.2) is 34.9 Å². The molecule has 1 heterocycles. The van der Waals surface area contributed by atoms with Crippen LogP contribution in [-0.2, 0) is 13.6 Å². The third kappa shape index (κ3) is 2.97. The molecule has 0 aliphatic carbocycles. The number of aromatic nitrogens is 2. The molecule has 2 aromatic rings. The van der Waals surface area contributed by atoms with E-state index in [9.17, 15) is 4.39 Å². The number of hydrogen-bond acceptors (Lipinski definition) is 2. The third-order valence-electron chi connectivity index (χ3n) is 2.94. The second kappa shape index (κ2) is 5.63. The van der Waals surface area contributed by atoms with Crippen LogP contribution >= 0.6 is 15.9 Å². The number of aryl methyl sites for hydroxylation is 1. The SMILES string of the molecule is CC(NCc1ccnn1C)c1ccc(Br)cc1F. The average Bonchev–Trinajstić information content (AvgIpc) is 2.72. The highest BCUT2D eigenvalue weighted by molar-refractivity contribution is 9.10. The lowest BCUT2D eigenvalue weighted by Crippen LogP contribution is -2.20. The summed E-state index contributed by atoms with van der Waals surface area (Å²) in [6, 6.07) is 7.02. The summed E-state index contributed by atoms with van der Waals surface area (Å²) >= 11 is 3.25. The Morgan fingerprint density at radius 1 is 1.44 bits per heavy atom. The lowest BCUT2D eigenvalue weighted by Gasteiger charge is -2.15. The first kappa shape index (κ1) is 13.2. The van der Waals surface area contributed by atoms with E-state index in [1.165, 1.54) is 6.07 Å². The van der Waals surface area contributed by atoms with E-state index in [2.05, 4.69) is 26.3 Å². The van der Waals surface area contributed by atoms with E-state index in [1.54, 1.807) is 16.9 Å². The number of nitrogens with zero attached hydrogens (tertiary/aromatic N) is 2. The van der Waals surface area contributed by atoms with Gasteiger partial charge in [0, 0.05) is 35.9 Å². The molecule has 3 nitrogen and oxygen atoms in total. The lowest BCUT2D eigenvalue weighted by atomic mass is 10.1. The smallest absolute Gasteiger partial charge is 0.129 e. The molecule has 0 saturated carbocycles. The number of hydrogen-bond donors (Lipinski definition) is 1. The Bertz CT molecular complexity index is 539. The molecule has 0 radical (unpaired) electrons. The minimum Gasteiger partial charge on any atom is -0.304 e. The second-order valence-corrected chi connectivity index (χ2v) is 5.13. The van der Waals surface area contributed by atoms with Gasteiger partial charge in [0.05, 0.1) is 5.69 Å². The summed E-state index contributed by atoms with van der Waals surface area (Å²) in [6.45, 7) is 2.61. The Morgan fingerprint density at radius 2 is 2.22 bits per heavy atom. The second-order valence-electron chi connectivity index (χ2n) is 4.21. The number of rotatable bonds is 4. The zero-order valence-corrected chi connectivity index (χ0v) is 11.9. The third-order valence-corrected chi connectivity index (χ3v) is 3.43. The first-order valence-electron chi connectivity index (χ1n) is 5.73. The van der Waals surface area contributed by atoms with Crippen LogP contribution in [0, 0.1) is 5.82 Å². The van der Waals surface area contributed by atoms with E-state index in [0.29, 0.717) is 12.1 Å². The Labute approximate surface area is 114 Å². The maximum Gasteiger partial charge on any atom is 0.129 e. The molecule has 1 unspecified atom stereocenters. The van der Waals surface area contributed by atoms with Gasteiger partial charge in [0.2, 0.25) is 0 Å². The van der Waals surface area contributed by atoms with E-state index >= 15 is 0 Å². The highest BCUT2D eigenvalue weighted by Crippen LogP contribution is 2.21. The molecule has 1 atom stereocenters. The molecule has 18 heavy (non-hydrogen) atoms. The molecule has 0 spiro atoms. The van der Waals surface area contributed by atoms with Crippen LogP contribution in [0.3, 0.4) is 0 Å². The Morgan fingerprint density at radius 3 is 2.83 bits per heavy atom. The van der Waals surface area contributed by atoms with Crippen LogP contribution in [0.2, 0.25) is 0 Å². The zero-order valence-electron chi connectivity index (χ0n) is 10.3. The van der Waals surface area contributed by atoms with E-state index < -0.39 is 0 Å². The summed E-state index contributed by atoms with van der Waals surface area (Å²) in [4.78, 5) is 0. The topological polar surface area (TPSA) is 29.9 Å². The average molecular weight is 312 g/mol. The normalized spacial score (nSPS) is 12.7. The fourth-order valence-corrected chi connectivity index (χ4v) is 2.13. The molecule has 0 bridgehead atoms. The summed E-state index contributed by atoms with van der Waals surface area (Å²) in [7, 11) is 1.89. The van der Waals surface area contributed by atoms with Crippen LogP contribution in [0.4, 0.5) is 4.39 Å². The molecule has 2 rings (SSSR count). The van der Waals surface area contributed by atoms with Crippen molar-refractivity contribution in [1.82, 2.24) is 15.1 Å². The van der Waals surface area contributed by atoms with Gasteiger partial charge in [-0.05, 0) is 25.1 Å².